The second kappa shape index (κ2) is 35.9. The molecule has 8 N–H and O–H groups in total. The number of nitrogens with zero attached hydrogens (tertiary/aromatic N) is 2. The first-order valence-corrected chi connectivity index (χ1v) is 26.4. The van der Waals surface area contributed by atoms with Crippen LogP contribution in [0.5, 0.6) is 0 Å². The van der Waals surface area contributed by atoms with Gasteiger partial charge < -0.3 is 64.9 Å². The first kappa shape index (κ1) is 59.2. The molecule has 0 bridgehead atoms. The first-order chi connectivity index (χ1) is 33.5. The Morgan fingerprint density at radius 2 is 1.23 bits per heavy atom. The van der Waals surface area contributed by atoms with E-state index in [1.165, 1.54) is 14.2 Å². The van der Waals surface area contributed by atoms with Crippen molar-refractivity contribution < 1.29 is 56.7 Å². The number of anilines is 1. The van der Waals surface area contributed by atoms with Gasteiger partial charge in [0.05, 0.1) is 90.2 Å². The summed E-state index contributed by atoms with van der Waals surface area (Å²) in [6.45, 7) is 3.60. The Bertz CT molecular complexity index is 1900. The summed E-state index contributed by atoms with van der Waals surface area (Å²) >= 11 is 5.17. The SMILES string of the molecule is CNCCOCCOCCOCCNC(=O)CCOCCNC(=O)CCC(=O)N1Cc2ccccc2/C(N)=C(/N(N)CCCCCC(=O)NCCCCCCOP(=S)(OC)OOC)c2ccccc21. The molecule has 0 fully saturated rings. The highest BCUT2D eigenvalue weighted by molar-refractivity contribution is 8.07. The van der Waals surface area contributed by atoms with Crippen molar-refractivity contribution in [1.82, 2.24) is 26.3 Å². The summed E-state index contributed by atoms with van der Waals surface area (Å²) in [5.41, 5.74) is 10.9. The van der Waals surface area contributed by atoms with Gasteiger partial charge in [-0.05, 0) is 56.2 Å². The molecule has 69 heavy (non-hydrogen) atoms. The first-order valence-electron chi connectivity index (χ1n) is 23.8. The maximum absolute atomic E-state index is 14.0. The van der Waals surface area contributed by atoms with Crippen LogP contribution >= 0.6 is 6.72 Å². The van der Waals surface area contributed by atoms with Crippen LogP contribution in [0.15, 0.2) is 48.5 Å². The summed E-state index contributed by atoms with van der Waals surface area (Å²) in [6, 6.07) is 15.1. The number of nitrogens with one attached hydrogen (secondary N) is 4. The van der Waals surface area contributed by atoms with Gasteiger partial charge in [0, 0.05) is 76.6 Å². The van der Waals surface area contributed by atoms with Crippen LogP contribution in [-0.2, 0) is 75.1 Å². The highest BCUT2D eigenvalue weighted by Crippen LogP contribution is 2.49. The molecule has 1 heterocycles. The molecule has 1 unspecified atom stereocenters. The number of fused-ring (bicyclic) bond motifs is 2. The summed E-state index contributed by atoms with van der Waals surface area (Å²) in [7, 11) is 4.65. The van der Waals surface area contributed by atoms with Gasteiger partial charge in [0.2, 0.25) is 23.6 Å². The number of likely N-dealkylation sites (N-methyl/N-ethyl adjacent to an activating group) is 1. The van der Waals surface area contributed by atoms with E-state index in [0.29, 0.717) is 108 Å². The second-order valence-electron chi connectivity index (χ2n) is 15.9. The number of rotatable bonds is 39. The van der Waals surface area contributed by atoms with Gasteiger partial charge in [-0.25, -0.2) is 10.7 Å². The van der Waals surface area contributed by atoms with Gasteiger partial charge in [-0.3, -0.25) is 19.2 Å². The highest BCUT2D eigenvalue weighted by atomic mass is 32.5. The van der Waals surface area contributed by atoms with E-state index in [9.17, 15) is 19.2 Å². The van der Waals surface area contributed by atoms with Crippen LogP contribution in [0.3, 0.4) is 0 Å². The minimum atomic E-state index is -2.86. The number of hydrogen-bond acceptors (Lipinski definition) is 17. The quantitative estimate of drug-likeness (QED) is 0.0183. The number of para-hydroxylation sites is 1. The number of hydrazine groups is 1. The van der Waals surface area contributed by atoms with E-state index in [4.69, 9.17) is 56.1 Å². The lowest BCUT2D eigenvalue weighted by Gasteiger charge is -2.33. The zero-order valence-electron chi connectivity index (χ0n) is 40.8. The Kier molecular flexibility index (Phi) is 30.8. The van der Waals surface area contributed by atoms with Crippen molar-refractivity contribution in [3.05, 3.63) is 65.2 Å². The third kappa shape index (κ3) is 24.1. The van der Waals surface area contributed by atoms with E-state index >= 15 is 0 Å². The molecule has 1 aliphatic rings. The Balaban J connectivity index is 1.37. The van der Waals surface area contributed by atoms with Gasteiger partial charge in [-0.1, -0.05) is 61.7 Å². The zero-order chi connectivity index (χ0) is 50.0. The summed E-state index contributed by atoms with van der Waals surface area (Å²) in [4.78, 5) is 57.8. The third-order valence-corrected chi connectivity index (χ3v) is 12.9. The Morgan fingerprint density at radius 1 is 0.652 bits per heavy atom. The minimum Gasteiger partial charge on any atom is -0.396 e. The Labute approximate surface area is 413 Å². The van der Waals surface area contributed by atoms with Crippen molar-refractivity contribution in [3.63, 3.8) is 0 Å². The number of hydrogen-bond donors (Lipinski definition) is 6. The molecule has 1 atom stereocenters. The van der Waals surface area contributed by atoms with Gasteiger partial charge in [0.15, 0.2) is 0 Å². The van der Waals surface area contributed by atoms with E-state index < -0.39 is 6.72 Å². The molecule has 2 aromatic rings. The Hall–Kier alpha value is -4.09. The lowest BCUT2D eigenvalue weighted by molar-refractivity contribution is -0.190. The molecular weight excluding hydrogens is 932 g/mol. The summed E-state index contributed by atoms with van der Waals surface area (Å²) in [5, 5.41) is 13.2. The molecule has 3 rings (SSSR count). The second-order valence-corrected chi connectivity index (χ2v) is 18.9. The predicted octanol–water partition coefficient (Wildman–Crippen LogP) is 3.88. The van der Waals surface area contributed by atoms with Crippen molar-refractivity contribution in [2.45, 2.75) is 77.2 Å². The average Bonchev–Trinajstić information content (AvgIpc) is 3.34. The van der Waals surface area contributed by atoms with Crippen LogP contribution < -0.4 is 37.7 Å². The van der Waals surface area contributed by atoms with Crippen molar-refractivity contribution >= 4 is 59.2 Å². The van der Waals surface area contributed by atoms with Gasteiger partial charge >= 0.3 is 6.72 Å². The largest absolute Gasteiger partial charge is 0.396 e. The van der Waals surface area contributed by atoms with E-state index in [1.807, 2.05) is 55.6 Å². The zero-order valence-corrected chi connectivity index (χ0v) is 42.5. The van der Waals surface area contributed by atoms with Gasteiger partial charge in [-0.15, -0.1) is 4.67 Å². The van der Waals surface area contributed by atoms with Gasteiger partial charge in [0.1, 0.15) is 0 Å². The summed E-state index contributed by atoms with van der Waals surface area (Å²) in [6.07, 6.45) is 6.19. The maximum atomic E-state index is 14.0. The van der Waals surface area contributed by atoms with Crippen molar-refractivity contribution in [3.8, 4) is 0 Å². The van der Waals surface area contributed by atoms with Gasteiger partial charge in [0.25, 0.3) is 0 Å². The standard InChI is InChI=1S/C47H77N8O12PS/c1-50-24-30-63-33-35-65-36-34-64-32-26-53-44(58)22-29-62-31-25-52-43(57)20-21-45(59)54-37-38-15-8-9-16-39(38)46(48)47(40-17-10-11-18-41(40)54)55(49)27-13-6-7-19-42(56)51-23-12-4-5-14-28-66-68(69,61-3)67-60-2/h8-11,15-18,50H,4-7,12-14,19-37,48-49H2,1-3H3,(H,51,56)(H,52,57)(H,53,58)/b47-46-. The van der Waals surface area contributed by atoms with Crippen molar-refractivity contribution in [1.29, 1.82) is 0 Å². The van der Waals surface area contributed by atoms with Crippen LogP contribution in [0.25, 0.3) is 11.4 Å². The number of amides is 4. The van der Waals surface area contributed by atoms with E-state index in [-0.39, 0.29) is 69.2 Å². The molecule has 0 saturated carbocycles. The van der Waals surface area contributed by atoms with Crippen LogP contribution in [0.4, 0.5) is 5.69 Å². The van der Waals surface area contributed by atoms with Crippen molar-refractivity contribution in [2.24, 2.45) is 11.6 Å². The van der Waals surface area contributed by atoms with E-state index in [0.717, 1.165) is 49.8 Å². The molecule has 4 amide bonds. The lowest BCUT2D eigenvalue weighted by atomic mass is 9.95. The fourth-order valence-electron chi connectivity index (χ4n) is 7.06. The molecular formula is C47H77N8O12PS. The van der Waals surface area contributed by atoms with Crippen LogP contribution in [0.2, 0.25) is 0 Å². The number of carbonyl (C=O) groups is 4. The average molecular weight is 1010 g/mol. The van der Waals surface area contributed by atoms with Crippen LogP contribution in [0.1, 0.15) is 87.3 Å². The summed E-state index contributed by atoms with van der Waals surface area (Å²) in [5.74, 6) is 6.12. The molecule has 0 radical (unpaired) electrons. The molecule has 0 spiro atoms. The van der Waals surface area contributed by atoms with E-state index in [2.05, 4.69) is 26.2 Å². The fraction of sp³-hybridized carbons (Fsp3) is 0.617. The molecule has 0 aliphatic carbocycles. The molecule has 2 aromatic carbocycles. The molecule has 1 aliphatic heterocycles. The predicted molar refractivity (Wildman–Crippen MR) is 268 cm³/mol. The normalized spacial score (nSPS) is 14.2. The fourth-order valence-corrected chi connectivity index (χ4v) is 8.21. The van der Waals surface area contributed by atoms with Crippen LogP contribution in [-0.4, -0.2) is 142 Å². The van der Waals surface area contributed by atoms with Gasteiger partial charge in [-0.2, -0.15) is 0 Å². The van der Waals surface area contributed by atoms with Crippen LogP contribution in [0, 0.1) is 0 Å². The number of unbranched alkanes of at least 4 members (excludes halogenated alkanes) is 5. The third-order valence-electron chi connectivity index (χ3n) is 10.7. The monoisotopic (exact) mass is 1010 g/mol. The number of nitrogens with two attached hydrogens (primary N) is 2. The molecule has 22 heteroatoms. The van der Waals surface area contributed by atoms with Crippen molar-refractivity contribution in [2.75, 3.05) is 118 Å². The number of ether oxygens (including phenoxy) is 4. The van der Waals surface area contributed by atoms with E-state index in [1.54, 1.807) is 9.91 Å². The smallest absolute Gasteiger partial charge is 0.355 e. The lowest BCUT2D eigenvalue weighted by Crippen LogP contribution is -2.37. The molecule has 388 valence electrons. The molecule has 20 nitrogen and oxygen atoms in total. The number of carbonyl (C=O) groups excluding carboxylic acids is 4. The highest BCUT2D eigenvalue weighted by Gasteiger charge is 2.28. The topological polar surface area (TPSA) is 249 Å². The summed E-state index contributed by atoms with van der Waals surface area (Å²) < 4.78 is 37.3. The molecule has 0 aromatic heterocycles. The maximum Gasteiger partial charge on any atom is 0.355 e. The molecule has 0 saturated heterocycles. The Morgan fingerprint density at radius 3 is 1.93 bits per heavy atom. The number of benzene rings is 2. The minimum absolute atomic E-state index is 0.0119.